The number of nitrogens with two attached hydrogens (primary N) is 1. The number of ether oxygens (including phenoxy) is 2. The van der Waals surface area contributed by atoms with E-state index in [1.165, 1.54) is 29.7 Å². The number of carbonyl (C=O) groups is 1. The van der Waals surface area contributed by atoms with Gasteiger partial charge in [0, 0.05) is 24.8 Å². The number of amides is 1. The Morgan fingerprint density at radius 2 is 1.72 bits per heavy atom. The monoisotopic (exact) mass is 556 g/mol. The predicted octanol–water partition coefficient (Wildman–Crippen LogP) is 3.22. The first-order valence-corrected chi connectivity index (χ1v) is 14.0. The number of carbonyl (C=O) groups excluding carboxylic acids is 1. The van der Waals surface area contributed by atoms with Crippen molar-refractivity contribution in [3.05, 3.63) is 84.1 Å². The van der Waals surface area contributed by atoms with Crippen LogP contribution in [0, 0.1) is 5.92 Å². The maximum absolute atomic E-state index is 13.5. The minimum Gasteiger partial charge on any atom is -0.497 e. The van der Waals surface area contributed by atoms with Crippen molar-refractivity contribution < 1.29 is 27.8 Å². The topological polar surface area (TPSA) is 144 Å². The van der Waals surface area contributed by atoms with E-state index in [0.29, 0.717) is 17.1 Å². The number of methoxy groups -OCH3 is 1. The van der Waals surface area contributed by atoms with Crippen LogP contribution in [0.5, 0.6) is 5.75 Å². The molecule has 0 aliphatic rings. The first kappa shape index (κ1) is 29.9. The van der Waals surface area contributed by atoms with Gasteiger partial charge in [-0.1, -0.05) is 50.2 Å². The molecule has 2 unspecified atom stereocenters. The van der Waals surface area contributed by atoms with Crippen molar-refractivity contribution in [1.29, 1.82) is 0 Å². The first-order chi connectivity index (χ1) is 18.6. The highest BCUT2D eigenvalue weighted by Crippen LogP contribution is 2.22. The number of nitrogens with one attached hydrogen (secondary N) is 1. The van der Waals surface area contributed by atoms with Crippen LogP contribution in [0.25, 0.3) is 0 Å². The van der Waals surface area contributed by atoms with Crippen LogP contribution in [0.2, 0.25) is 0 Å². The van der Waals surface area contributed by atoms with E-state index in [1.54, 1.807) is 24.3 Å². The Morgan fingerprint density at radius 3 is 2.31 bits per heavy atom. The lowest BCUT2D eigenvalue weighted by Gasteiger charge is -2.30. The van der Waals surface area contributed by atoms with Gasteiger partial charge in [0.1, 0.15) is 18.2 Å². The fourth-order valence-corrected chi connectivity index (χ4v) is 5.55. The Hall–Kier alpha value is -3.67. The summed E-state index contributed by atoms with van der Waals surface area (Å²) in [5.41, 5.74) is 7.10. The summed E-state index contributed by atoms with van der Waals surface area (Å²) in [4.78, 5) is 16.8. The van der Waals surface area contributed by atoms with Crippen molar-refractivity contribution in [1.82, 2.24) is 14.6 Å². The Bertz CT molecular complexity index is 1290. The largest absolute Gasteiger partial charge is 0.497 e. The van der Waals surface area contributed by atoms with Crippen molar-refractivity contribution in [3.8, 4) is 5.75 Å². The molecule has 2 aromatic carbocycles. The SMILES string of the molecule is COc1ccc(S(=O)(=O)N(CC(C)C)CC(O)C(Cc2ccccc2)NC(=O)OCc2ccc(N)nc2)cc1. The number of alkyl carbamates (subject to hydrolysis) is 1. The van der Waals surface area contributed by atoms with Gasteiger partial charge in [-0.05, 0) is 48.2 Å². The standard InChI is InChI=1S/C28H36N4O6S/c1-20(2)17-32(39(35,36)24-12-10-23(37-3)11-13-24)18-26(33)25(15-21-7-5-4-6-8-21)31-28(34)38-19-22-9-14-27(29)30-16-22/h4-14,16,20,25-26,33H,15,17-19H2,1-3H3,(H2,29,30)(H,31,34). The molecule has 0 aliphatic carbocycles. The van der Waals surface area contributed by atoms with Crippen LogP contribution in [0.15, 0.2) is 77.8 Å². The molecule has 210 valence electrons. The van der Waals surface area contributed by atoms with Crippen LogP contribution in [-0.2, 0) is 27.8 Å². The zero-order valence-corrected chi connectivity index (χ0v) is 23.2. The van der Waals surface area contributed by atoms with Gasteiger partial charge >= 0.3 is 6.09 Å². The van der Waals surface area contributed by atoms with Crippen molar-refractivity contribution in [2.45, 2.75) is 43.9 Å². The molecule has 0 fully saturated rings. The average molecular weight is 557 g/mol. The van der Waals surface area contributed by atoms with E-state index >= 15 is 0 Å². The third-order valence-electron chi connectivity index (χ3n) is 5.94. The zero-order valence-electron chi connectivity index (χ0n) is 22.4. The molecule has 11 heteroatoms. The number of hydrogen-bond acceptors (Lipinski definition) is 8. The van der Waals surface area contributed by atoms with Crippen molar-refractivity contribution in [2.24, 2.45) is 5.92 Å². The molecule has 1 heterocycles. The lowest BCUT2D eigenvalue weighted by atomic mass is 10.0. The van der Waals surface area contributed by atoms with E-state index in [2.05, 4.69) is 10.3 Å². The minimum absolute atomic E-state index is 0.00996. The van der Waals surface area contributed by atoms with Crippen LogP contribution >= 0.6 is 0 Å². The van der Waals surface area contributed by atoms with E-state index in [0.717, 1.165) is 5.56 Å². The Kier molecular flexibility index (Phi) is 10.7. The van der Waals surface area contributed by atoms with E-state index in [1.807, 2.05) is 44.2 Å². The van der Waals surface area contributed by atoms with Crippen LogP contribution in [0.3, 0.4) is 0 Å². The van der Waals surface area contributed by atoms with Gasteiger partial charge < -0.3 is 25.6 Å². The van der Waals surface area contributed by atoms with Gasteiger partial charge in [-0.25, -0.2) is 18.2 Å². The molecule has 10 nitrogen and oxygen atoms in total. The molecule has 0 bridgehead atoms. The fraction of sp³-hybridized carbons (Fsp3) is 0.357. The van der Waals surface area contributed by atoms with Crippen molar-refractivity contribution >= 4 is 21.9 Å². The summed E-state index contributed by atoms with van der Waals surface area (Å²) < 4.78 is 38.8. The molecule has 3 rings (SSSR count). The lowest BCUT2D eigenvalue weighted by molar-refractivity contribution is 0.0873. The fourth-order valence-electron chi connectivity index (χ4n) is 3.93. The Labute approximate surface area is 229 Å². The summed E-state index contributed by atoms with van der Waals surface area (Å²) in [5.74, 6) is 0.874. The highest BCUT2D eigenvalue weighted by molar-refractivity contribution is 7.89. The molecule has 39 heavy (non-hydrogen) atoms. The molecule has 4 N–H and O–H groups in total. The molecular formula is C28H36N4O6S. The third kappa shape index (κ3) is 8.95. The van der Waals surface area contributed by atoms with Gasteiger partial charge in [-0.15, -0.1) is 0 Å². The quantitative estimate of drug-likeness (QED) is 0.291. The van der Waals surface area contributed by atoms with Crippen molar-refractivity contribution in [3.63, 3.8) is 0 Å². The summed E-state index contributed by atoms with van der Waals surface area (Å²) in [6.07, 6.45) is -0.214. The molecule has 0 radical (unpaired) electrons. The molecular weight excluding hydrogens is 520 g/mol. The summed E-state index contributed by atoms with van der Waals surface area (Å²) in [6, 6.07) is 17.9. The summed E-state index contributed by atoms with van der Waals surface area (Å²) in [5, 5.41) is 14.0. The summed E-state index contributed by atoms with van der Waals surface area (Å²) >= 11 is 0. The van der Waals surface area contributed by atoms with Crippen molar-refractivity contribution in [2.75, 3.05) is 25.9 Å². The highest BCUT2D eigenvalue weighted by atomic mass is 32.2. The molecule has 3 aromatic rings. The molecule has 2 atom stereocenters. The van der Waals surface area contributed by atoms with E-state index in [9.17, 15) is 18.3 Å². The zero-order chi connectivity index (χ0) is 28.4. The number of rotatable bonds is 13. The number of nitrogen functional groups attached to an aromatic ring is 1. The number of nitrogens with zero attached hydrogens (tertiary/aromatic N) is 2. The number of anilines is 1. The van der Waals surface area contributed by atoms with Gasteiger partial charge in [0.05, 0.1) is 24.2 Å². The van der Waals surface area contributed by atoms with E-state index < -0.39 is 28.3 Å². The molecule has 1 aromatic heterocycles. The lowest BCUT2D eigenvalue weighted by Crippen LogP contribution is -2.51. The molecule has 0 saturated carbocycles. The van der Waals surface area contributed by atoms with E-state index in [-0.39, 0.29) is 36.9 Å². The second-order valence-corrected chi connectivity index (χ2v) is 11.5. The molecule has 1 amide bonds. The van der Waals surface area contributed by atoms with Crippen LogP contribution < -0.4 is 15.8 Å². The Morgan fingerprint density at radius 1 is 1.03 bits per heavy atom. The Balaban J connectivity index is 1.78. The number of benzene rings is 2. The normalized spacial score (nSPS) is 13.2. The number of pyridine rings is 1. The molecule has 0 aliphatic heterocycles. The highest BCUT2D eigenvalue weighted by Gasteiger charge is 2.31. The van der Waals surface area contributed by atoms with E-state index in [4.69, 9.17) is 15.2 Å². The number of sulfonamides is 1. The van der Waals surface area contributed by atoms with Crippen LogP contribution in [-0.4, -0.2) is 61.3 Å². The smallest absolute Gasteiger partial charge is 0.407 e. The summed E-state index contributed by atoms with van der Waals surface area (Å²) in [7, 11) is -2.44. The summed E-state index contributed by atoms with van der Waals surface area (Å²) in [6.45, 7) is 3.70. The predicted molar refractivity (Wildman–Crippen MR) is 149 cm³/mol. The number of hydrogen-bond donors (Lipinski definition) is 3. The molecule has 0 saturated heterocycles. The van der Waals surface area contributed by atoms with Crippen LogP contribution in [0.4, 0.5) is 10.6 Å². The number of aliphatic hydroxyl groups is 1. The van der Waals surface area contributed by atoms with Gasteiger partial charge in [0.2, 0.25) is 10.0 Å². The number of aliphatic hydroxyl groups excluding tert-OH is 1. The minimum atomic E-state index is -3.94. The van der Waals surface area contributed by atoms with Gasteiger partial charge in [0.15, 0.2) is 0 Å². The van der Waals surface area contributed by atoms with Crippen LogP contribution in [0.1, 0.15) is 25.0 Å². The molecule has 0 spiro atoms. The maximum atomic E-state index is 13.5. The van der Waals surface area contributed by atoms with Gasteiger partial charge in [-0.3, -0.25) is 0 Å². The second kappa shape index (κ2) is 13.9. The van der Waals surface area contributed by atoms with Gasteiger partial charge in [0.25, 0.3) is 0 Å². The number of aromatic nitrogens is 1. The second-order valence-electron chi connectivity index (χ2n) is 9.57. The third-order valence-corrected chi connectivity index (χ3v) is 7.79. The first-order valence-electron chi connectivity index (χ1n) is 12.6. The average Bonchev–Trinajstić information content (AvgIpc) is 2.92. The maximum Gasteiger partial charge on any atom is 0.407 e. The van der Waals surface area contributed by atoms with Gasteiger partial charge in [-0.2, -0.15) is 4.31 Å².